The topological polar surface area (TPSA) is 186 Å². The van der Waals surface area contributed by atoms with Crippen LogP contribution in [0.5, 0.6) is 0 Å². The van der Waals surface area contributed by atoms with E-state index in [0.29, 0.717) is 18.5 Å². The van der Waals surface area contributed by atoms with Crippen molar-refractivity contribution in [2.24, 2.45) is 23.5 Å². The Balaban J connectivity index is 2.88. The van der Waals surface area contributed by atoms with Crippen molar-refractivity contribution in [3.63, 3.8) is 0 Å². The van der Waals surface area contributed by atoms with Gasteiger partial charge in [0, 0.05) is 17.8 Å². The summed E-state index contributed by atoms with van der Waals surface area (Å²) in [5.74, 6) is -2.05. The lowest BCUT2D eigenvalue weighted by Gasteiger charge is -2.27. The number of nitro groups is 1. The van der Waals surface area contributed by atoms with E-state index in [1.165, 1.54) is 31.2 Å². The van der Waals surface area contributed by atoms with Crippen molar-refractivity contribution in [3.05, 3.63) is 34.4 Å². The predicted molar refractivity (Wildman–Crippen MR) is 145 cm³/mol. The molecule has 212 valence electrons. The highest BCUT2D eigenvalue weighted by atomic mass is 16.6. The van der Waals surface area contributed by atoms with E-state index in [1.807, 2.05) is 27.7 Å². The third kappa shape index (κ3) is 10.8. The van der Waals surface area contributed by atoms with Gasteiger partial charge in [-0.3, -0.25) is 29.3 Å². The van der Waals surface area contributed by atoms with Crippen LogP contribution < -0.4 is 27.0 Å². The molecule has 0 saturated carbocycles. The fraction of sp³-hybridized carbons (Fsp3) is 0.615. The van der Waals surface area contributed by atoms with Crippen molar-refractivity contribution in [2.45, 2.75) is 85.5 Å². The highest BCUT2D eigenvalue weighted by Gasteiger charge is 2.31. The van der Waals surface area contributed by atoms with Crippen molar-refractivity contribution < 1.29 is 24.1 Å². The number of nitrogens with zero attached hydrogens (tertiary/aromatic N) is 1. The maximum atomic E-state index is 13.1. The lowest BCUT2D eigenvalue weighted by atomic mass is 9.98. The zero-order valence-electron chi connectivity index (χ0n) is 23.2. The number of carbonyl (C=O) groups is 4. The Bertz CT molecular complexity index is 979. The lowest BCUT2D eigenvalue weighted by Crippen LogP contribution is -2.58. The fourth-order valence-electron chi connectivity index (χ4n) is 3.67. The second-order valence-corrected chi connectivity index (χ2v) is 10.7. The summed E-state index contributed by atoms with van der Waals surface area (Å²) in [5, 5.41) is 21.4. The van der Waals surface area contributed by atoms with Gasteiger partial charge >= 0.3 is 0 Å². The second kappa shape index (κ2) is 15.0. The first-order chi connectivity index (χ1) is 17.6. The summed E-state index contributed by atoms with van der Waals surface area (Å²) in [7, 11) is 0. The van der Waals surface area contributed by atoms with Crippen LogP contribution in [0, 0.1) is 27.9 Å². The van der Waals surface area contributed by atoms with Gasteiger partial charge in [-0.05, 0) is 49.7 Å². The predicted octanol–water partition coefficient (Wildman–Crippen LogP) is 2.08. The molecule has 0 aliphatic heterocycles. The molecule has 1 aromatic rings. The number of amides is 4. The third-order valence-electron chi connectivity index (χ3n) is 5.75. The summed E-state index contributed by atoms with van der Waals surface area (Å²) in [6.07, 6.45) is 0.774. The van der Waals surface area contributed by atoms with E-state index in [1.54, 1.807) is 13.8 Å². The van der Waals surface area contributed by atoms with Crippen LogP contribution >= 0.6 is 0 Å². The van der Waals surface area contributed by atoms with Gasteiger partial charge in [0.25, 0.3) is 5.69 Å². The van der Waals surface area contributed by atoms with Crippen molar-refractivity contribution in [1.82, 2.24) is 16.0 Å². The molecule has 0 saturated heterocycles. The number of anilines is 1. The maximum absolute atomic E-state index is 13.1. The Morgan fingerprint density at radius 2 is 1.34 bits per heavy atom. The SMILES string of the molecule is CC(C)C[C@H](NC(=O)[C@@H](NC(=O)[C@@H](N)CC(C)C)C(C)C)C(=O)N[C@H](C)C(=O)Nc1ccc([N+](=O)[O-])cc1. The van der Waals surface area contributed by atoms with Gasteiger partial charge in [-0.25, -0.2) is 0 Å². The van der Waals surface area contributed by atoms with Gasteiger partial charge in [0.2, 0.25) is 23.6 Å². The summed E-state index contributed by atoms with van der Waals surface area (Å²) in [6.45, 7) is 12.7. The molecule has 0 fully saturated rings. The monoisotopic (exact) mass is 534 g/mol. The first-order valence-electron chi connectivity index (χ1n) is 12.8. The van der Waals surface area contributed by atoms with Gasteiger partial charge in [-0.2, -0.15) is 0 Å². The van der Waals surface area contributed by atoms with Crippen LogP contribution in [0.4, 0.5) is 11.4 Å². The molecule has 6 N–H and O–H groups in total. The van der Waals surface area contributed by atoms with Gasteiger partial charge in [-0.1, -0.05) is 41.5 Å². The molecule has 0 heterocycles. The molecule has 0 unspecified atom stereocenters. The molecule has 1 aromatic carbocycles. The summed E-state index contributed by atoms with van der Waals surface area (Å²) in [6, 6.07) is 1.73. The van der Waals surface area contributed by atoms with Crippen molar-refractivity contribution >= 4 is 35.0 Å². The van der Waals surface area contributed by atoms with Crippen molar-refractivity contribution in [2.75, 3.05) is 5.32 Å². The molecular weight excluding hydrogens is 492 g/mol. The van der Waals surface area contributed by atoms with E-state index in [-0.39, 0.29) is 23.4 Å². The minimum Gasteiger partial charge on any atom is -0.343 e. The van der Waals surface area contributed by atoms with Crippen LogP contribution in [0.1, 0.15) is 61.3 Å². The highest BCUT2D eigenvalue weighted by Crippen LogP contribution is 2.16. The van der Waals surface area contributed by atoms with Crippen LogP contribution in [0.15, 0.2) is 24.3 Å². The molecule has 4 atom stereocenters. The molecule has 0 aliphatic carbocycles. The zero-order valence-corrected chi connectivity index (χ0v) is 23.2. The average Bonchev–Trinajstić information content (AvgIpc) is 2.80. The molecule has 0 aliphatic rings. The van der Waals surface area contributed by atoms with E-state index < -0.39 is 52.7 Å². The number of benzene rings is 1. The van der Waals surface area contributed by atoms with Gasteiger partial charge in [0.05, 0.1) is 11.0 Å². The second-order valence-electron chi connectivity index (χ2n) is 10.7. The minimum atomic E-state index is -0.959. The van der Waals surface area contributed by atoms with Gasteiger partial charge in [0.1, 0.15) is 18.1 Å². The van der Waals surface area contributed by atoms with Crippen molar-refractivity contribution in [3.8, 4) is 0 Å². The minimum absolute atomic E-state index is 0.0434. The first-order valence-corrected chi connectivity index (χ1v) is 12.8. The number of hydrogen-bond acceptors (Lipinski definition) is 7. The summed E-state index contributed by atoms with van der Waals surface area (Å²) in [5.41, 5.74) is 6.18. The van der Waals surface area contributed by atoms with Crippen LogP contribution in [-0.4, -0.2) is 52.7 Å². The van der Waals surface area contributed by atoms with Gasteiger partial charge < -0.3 is 27.0 Å². The molecule has 0 spiro atoms. The molecular formula is C26H42N6O6. The lowest BCUT2D eigenvalue weighted by molar-refractivity contribution is -0.384. The first kappa shape index (κ1) is 32.5. The van der Waals surface area contributed by atoms with Crippen LogP contribution in [0.25, 0.3) is 0 Å². The number of non-ortho nitro benzene ring substituents is 1. The standard InChI is InChI=1S/C26H42N6O6/c1-14(2)12-20(27)24(34)31-22(16(5)6)26(36)30-21(13-15(3)4)25(35)28-17(7)23(33)29-18-8-10-19(11-9-18)32(37)38/h8-11,14-17,20-22H,12-13,27H2,1-7H3,(H,28,35)(H,29,33)(H,30,36)(H,31,34)/t17-,20+,21+,22+/m1/s1. The number of nitrogens with one attached hydrogen (secondary N) is 4. The van der Waals surface area contributed by atoms with Crippen LogP contribution in [0.3, 0.4) is 0 Å². The molecule has 12 heteroatoms. The van der Waals surface area contributed by atoms with Crippen LogP contribution in [0.2, 0.25) is 0 Å². The number of rotatable bonds is 14. The third-order valence-corrected chi connectivity index (χ3v) is 5.75. The largest absolute Gasteiger partial charge is 0.343 e. The molecule has 0 bridgehead atoms. The maximum Gasteiger partial charge on any atom is 0.269 e. The Kier molecular flexibility index (Phi) is 12.8. The summed E-state index contributed by atoms with van der Waals surface area (Å²) >= 11 is 0. The van der Waals surface area contributed by atoms with Crippen LogP contribution in [-0.2, 0) is 19.2 Å². The van der Waals surface area contributed by atoms with Crippen molar-refractivity contribution in [1.29, 1.82) is 0 Å². The quantitative estimate of drug-likeness (QED) is 0.178. The Morgan fingerprint density at radius 1 is 0.789 bits per heavy atom. The summed E-state index contributed by atoms with van der Waals surface area (Å²) in [4.78, 5) is 61.6. The number of carbonyl (C=O) groups excluding carboxylic acids is 4. The van der Waals surface area contributed by atoms with E-state index in [9.17, 15) is 29.3 Å². The Morgan fingerprint density at radius 3 is 1.82 bits per heavy atom. The zero-order chi connectivity index (χ0) is 29.2. The van der Waals surface area contributed by atoms with E-state index >= 15 is 0 Å². The van der Waals surface area contributed by atoms with E-state index in [4.69, 9.17) is 5.73 Å². The number of nitro benzene ring substituents is 1. The number of nitrogens with two attached hydrogens (primary N) is 1. The Hall–Kier alpha value is -3.54. The molecule has 38 heavy (non-hydrogen) atoms. The van der Waals surface area contributed by atoms with E-state index in [0.717, 1.165) is 0 Å². The Labute approximate surface area is 224 Å². The van der Waals surface area contributed by atoms with Gasteiger partial charge in [-0.15, -0.1) is 0 Å². The fourth-order valence-corrected chi connectivity index (χ4v) is 3.67. The molecule has 0 radical (unpaired) electrons. The van der Waals surface area contributed by atoms with E-state index in [2.05, 4.69) is 21.3 Å². The van der Waals surface area contributed by atoms with Gasteiger partial charge in [0.15, 0.2) is 0 Å². The molecule has 0 aromatic heterocycles. The summed E-state index contributed by atoms with van der Waals surface area (Å²) < 4.78 is 0. The average molecular weight is 535 g/mol. The smallest absolute Gasteiger partial charge is 0.269 e. The molecule has 4 amide bonds. The molecule has 1 rings (SSSR count). The highest BCUT2D eigenvalue weighted by molar-refractivity contribution is 5.98. The molecule has 12 nitrogen and oxygen atoms in total. The number of hydrogen-bond donors (Lipinski definition) is 5. The normalized spacial score (nSPS) is 14.4.